The second-order valence-corrected chi connectivity index (χ2v) is 4.21. The third-order valence-electron chi connectivity index (χ3n) is 0. The zero-order valence-electron chi connectivity index (χ0n) is 4.39. The van der Waals surface area contributed by atoms with Gasteiger partial charge in [-0.15, -0.1) is 0 Å². The quantitative estimate of drug-likeness (QED) is 0.183. The van der Waals surface area contributed by atoms with Gasteiger partial charge in [0.1, 0.15) is 0 Å². The minimum absolute atomic E-state index is 0. The molecule has 0 aliphatic heterocycles. The molecule has 0 heterocycles. The number of rotatable bonds is 0. The molecule has 0 saturated heterocycles. The molecule has 0 spiro atoms. The van der Waals surface area contributed by atoms with Crippen LogP contribution in [0.3, 0.4) is 0 Å². The first-order valence-electron chi connectivity index (χ1n) is 1.57. The van der Waals surface area contributed by atoms with Gasteiger partial charge in [-0.05, 0) is 0 Å². The van der Waals surface area contributed by atoms with Crippen LogP contribution in [0.5, 0.6) is 0 Å². The summed E-state index contributed by atoms with van der Waals surface area (Å²) in [6.45, 7) is 0. The molecule has 0 unspecified atom stereocenters. The Morgan fingerprint density at radius 2 is 1.00 bits per heavy atom. The molecule has 8 nitrogen and oxygen atoms in total. The average Bonchev–Trinajstić information content (AvgIpc) is 1.12. The Morgan fingerprint density at radius 1 is 1.00 bits per heavy atom. The summed E-state index contributed by atoms with van der Waals surface area (Å²) in [7, 11) is -4.64. The van der Waals surface area contributed by atoms with E-state index >= 15 is 0 Å². The maximum atomic E-state index is 8.94. The first kappa shape index (κ1) is 24.4. The molecule has 0 atom stereocenters. The van der Waals surface area contributed by atoms with Gasteiger partial charge in [-0.1, -0.05) is 0 Å². The average molecular weight is 372 g/mol. The zero-order chi connectivity index (χ0) is 9.00. The maximum absolute atomic E-state index is 8.94. The molecule has 0 aromatic carbocycles. The standard InChI is InChI=1S/AsH3O4.Ca.H3O4P.Sr.4H/c2-1(3,4)5;;1-5(2,3)4;;;;;/h(H3,2,3,4,5);;(H3,1,2,3,4);;;;;. The van der Waals surface area contributed by atoms with E-state index in [1.807, 2.05) is 0 Å². The molecule has 0 aliphatic rings. The molecular weight excluding hydrogens is 362 g/mol. The molecule has 0 aromatic heterocycles. The molecule has 0 radical (unpaired) electrons. The van der Waals surface area contributed by atoms with E-state index in [1.54, 1.807) is 0 Å². The van der Waals surface area contributed by atoms with Gasteiger partial charge in [0.25, 0.3) is 0 Å². The van der Waals surface area contributed by atoms with Crippen molar-refractivity contribution >= 4 is 106 Å². The van der Waals surface area contributed by atoms with Crippen molar-refractivity contribution in [2.24, 2.45) is 0 Å². The Morgan fingerprint density at radius 3 is 1.00 bits per heavy atom. The minimum atomic E-state index is -5.12. The molecule has 12 heavy (non-hydrogen) atoms. The molecule has 0 fully saturated rings. The van der Waals surface area contributed by atoms with Gasteiger partial charge in [-0.25, -0.2) is 4.57 Å². The Balaban J connectivity index is -0.0000000457. The predicted molar refractivity (Wildman–Crippen MR) is 44.4 cm³/mol. The van der Waals surface area contributed by atoms with Gasteiger partial charge in [0, 0.05) is 0 Å². The van der Waals surface area contributed by atoms with Crippen LogP contribution in [0.15, 0.2) is 0 Å². The molecule has 72 valence electrons. The zero-order valence-corrected chi connectivity index (χ0v) is 7.17. The van der Waals surface area contributed by atoms with Crippen LogP contribution in [0.2, 0.25) is 0 Å². The monoisotopic (exact) mass is 372 g/mol. The Bertz CT molecular complexity index is 131. The van der Waals surface area contributed by atoms with Gasteiger partial charge in [-0.2, -0.15) is 0 Å². The predicted octanol–water partition coefficient (Wildman–Crippen LogP) is -4.93. The van der Waals surface area contributed by atoms with Crippen molar-refractivity contribution in [3.05, 3.63) is 0 Å². The fourth-order valence-electron chi connectivity index (χ4n) is 0. The van der Waals surface area contributed by atoms with E-state index in [-0.39, 0.29) is 83.2 Å². The van der Waals surface area contributed by atoms with Crippen LogP contribution >= 0.6 is 7.82 Å². The van der Waals surface area contributed by atoms with Crippen molar-refractivity contribution in [2.45, 2.75) is 0 Å². The Kier molecular flexibility index (Phi) is 21.5. The first-order valence-corrected chi connectivity index (χ1v) is 6.41. The van der Waals surface area contributed by atoms with Crippen LogP contribution < -0.4 is 0 Å². The van der Waals surface area contributed by atoms with Crippen LogP contribution in [0, 0.1) is 0 Å². The molecule has 0 aromatic rings. The van der Waals surface area contributed by atoms with Gasteiger partial charge in [0.15, 0.2) is 0 Å². The van der Waals surface area contributed by atoms with Gasteiger partial charge in [-0.3, -0.25) is 0 Å². The van der Waals surface area contributed by atoms with Crippen molar-refractivity contribution in [1.82, 2.24) is 0 Å². The molecule has 6 N–H and O–H groups in total. The van der Waals surface area contributed by atoms with Gasteiger partial charge in [0.05, 0.1) is 0 Å². The summed E-state index contributed by atoms with van der Waals surface area (Å²) in [4.78, 5) is 21.6. The fourth-order valence-corrected chi connectivity index (χ4v) is 0. The topological polar surface area (TPSA) is 156 Å². The third kappa shape index (κ3) is 200. The summed E-state index contributed by atoms with van der Waals surface area (Å²) in [5.74, 6) is 0. The molecule has 0 aliphatic carbocycles. The van der Waals surface area contributed by atoms with Gasteiger partial charge < -0.3 is 14.7 Å². The molecule has 0 saturated carbocycles. The molecule has 0 rings (SSSR count). The van der Waals surface area contributed by atoms with E-state index in [4.69, 9.17) is 35.3 Å². The van der Waals surface area contributed by atoms with E-state index in [2.05, 4.69) is 0 Å². The van der Waals surface area contributed by atoms with E-state index < -0.39 is 22.3 Å². The number of hydrogen-bond donors (Lipinski definition) is 6. The summed E-state index contributed by atoms with van der Waals surface area (Å²) in [5.41, 5.74) is 0. The van der Waals surface area contributed by atoms with E-state index in [0.717, 1.165) is 0 Å². The number of phosphoric acid groups is 1. The van der Waals surface area contributed by atoms with E-state index in [0.29, 0.717) is 0 Å². The molecule has 0 amide bonds. The van der Waals surface area contributed by atoms with Crippen LogP contribution in [0.25, 0.3) is 0 Å². The van der Waals surface area contributed by atoms with Crippen LogP contribution in [0.4, 0.5) is 0 Å². The third-order valence-corrected chi connectivity index (χ3v) is 0. The van der Waals surface area contributed by atoms with Crippen molar-refractivity contribution in [3.8, 4) is 0 Å². The summed E-state index contributed by atoms with van der Waals surface area (Å²) >= 11 is -5.12. The molecule has 12 heteroatoms. The Labute approximate surface area is 138 Å². The van der Waals surface area contributed by atoms with Crippen molar-refractivity contribution < 1.29 is 35.3 Å². The van der Waals surface area contributed by atoms with E-state index in [9.17, 15) is 0 Å². The van der Waals surface area contributed by atoms with Gasteiger partial charge >= 0.3 is 122 Å². The second kappa shape index (κ2) is 10.6. The summed E-state index contributed by atoms with van der Waals surface area (Å²) in [6.07, 6.45) is 0. The molecular formula is H10AsCaO8PSr. The number of hydrogen-bond acceptors (Lipinski definition) is 2. The Hall–Kier alpha value is 3.09. The SMILES string of the molecule is O=P(O)(O)O.O=[As](O)(O)O.[CaH2].[SrH2]. The van der Waals surface area contributed by atoms with Crippen molar-refractivity contribution in [3.63, 3.8) is 0 Å². The molecule has 0 bridgehead atoms. The van der Waals surface area contributed by atoms with Crippen molar-refractivity contribution in [1.29, 1.82) is 0 Å². The fraction of sp³-hybridized carbons (Fsp3) is 0. The van der Waals surface area contributed by atoms with Crippen LogP contribution in [-0.2, 0) is 8.30 Å². The van der Waals surface area contributed by atoms with Crippen LogP contribution in [-0.4, -0.2) is 125 Å². The van der Waals surface area contributed by atoms with Crippen LogP contribution in [0.1, 0.15) is 0 Å². The summed E-state index contributed by atoms with van der Waals surface area (Å²) in [6, 6.07) is 0. The van der Waals surface area contributed by atoms with Gasteiger partial charge in [0.2, 0.25) is 0 Å². The summed E-state index contributed by atoms with van der Waals surface area (Å²) in [5, 5.41) is 0. The first-order chi connectivity index (χ1) is 4.00. The van der Waals surface area contributed by atoms with E-state index in [1.165, 1.54) is 0 Å². The van der Waals surface area contributed by atoms with Crippen molar-refractivity contribution in [2.75, 3.05) is 0 Å². The normalized spacial score (nSPS) is 9.83. The second-order valence-electron chi connectivity index (χ2n) is 1.03. The summed E-state index contributed by atoms with van der Waals surface area (Å²) < 4.78 is 39.6.